The topological polar surface area (TPSA) is 93.2 Å². The quantitative estimate of drug-likeness (QED) is 0.308. The van der Waals surface area contributed by atoms with Crippen LogP contribution in [-0.4, -0.2) is 40.4 Å². The van der Waals surface area contributed by atoms with Gasteiger partial charge in [0.15, 0.2) is 12.6 Å². The Hall–Kier alpha value is -3.87. The highest BCUT2D eigenvalue weighted by atomic mass is 16.6. The molecule has 2 aromatic heterocycles. The Morgan fingerprint density at radius 2 is 1.67 bits per heavy atom. The third-order valence-corrected chi connectivity index (χ3v) is 4.94. The lowest BCUT2D eigenvalue weighted by molar-refractivity contribution is 0.0526. The number of para-hydroxylation sites is 2. The molecule has 0 aliphatic carbocycles. The average molecular weight is 448 g/mol. The van der Waals surface area contributed by atoms with Gasteiger partial charge in [-0.25, -0.2) is 4.79 Å². The Labute approximate surface area is 192 Å². The number of aromatic amines is 1. The van der Waals surface area contributed by atoms with Crippen molar-refractivity contribution < 1.29 is 19.1 Å². The number of ether oxygens (including phenoxy) is 1. The summed E-state index contributed by atoms with van der Waals surface area (Å²) in [5.74, 6) is 0. The van der Waals surface area contributed by atoms with E-state index in [-0.39, 0.29) is 0 Å². The SMILES string of the molecule is CC(C)(C)OC(=O)NCCCn1cc(C=O)c2ccccc21.O=Cc1c[nH]c2ccccc12. The second-order valence-corrected chi connectivity index (χ2v) is 8.60. The van der Waals surface area contributed by atoms with E-state index in [1.165, 1.54) is 0 Å². The molecule has 0 unspecified atom stereocenters. The van der Waals surface area contributed by atoms with Gasteiger partial charge in [0.2, 0.25) is 0 Å². The van der Waals surface area contributed by atoms with Crippen LogP contribution < -0.4 is 5.32 Å². The summed E-state index contributed by atoms with van der Waals surface area (Å²) in [5.41, 5.74) is 2.97. The van der Waals surface area contributed by atoms with E-state index < -0.39 is 11.7 Å². The van der Waals surface area contributed by atoms with E-state index in [0.29, 0.717) is 12.1 Å². The molecule has 0 atom stereocenters. The molecular weight excluding hydrogens is 418 g/mol. The van der Waals surface area contributed by atoms with Crippen molar-refractivity contribution in [2.24, 2.45) is 0 Å². The summed E-state index contributed by atoms with van der Waals surface area (Å²) in [4.78, 5) is 36.1. The van der Waals surface area contributed by atoms with Gasteiger partial charge < -0.3 is 19.6 Å². The van der Waals surface area contributed by atoms with E-state index >= 15 is 0 Å². The number of amides is 1. The van der Waals surface area contributed by atoms with E-state index in [2.05, 4.69) is 10.3 Å². The number of carbonyl (C=O) groups is 3. The highest BCUT2D eigenvalue weighted by Gasteiger charge is 2.15. The molecule has 172 valence electrons. The number of nitrogens with one attached hydrogen (secondary N) is 2. The predicted molar refractivity (Wildman–Crippen MR) is 130 cm³/mol. The number of carbonyl (C=O) groups excluding carboxylic acids is 3. The standard InChI is InChI=1S/C17H22N2O3.C9H7NO/c1-17(2,3)22-16(21)18-9-6-10-19-11-13(12-20)14-7-4-5-8-15(14)19;11-6-7-5-10-9-4-2-1-3-8(7)9/h4-5,7-8,11-12H,6,9-10H2,1-3H3,(H,18,21);1-6,10H. The van der Waals surface area contributed by atoms with Crippen molar-refractivity contribution in [3.8, 4) is 0 Å². The number of hydrogen-bond donors (Lipinski definition) is 2. The maximum Gasteiger partial charge on any atom is 0.407 e. The zero-order valence-corrected chi connectivity index (χ0v) is 19.1. The molecule has 0 spiro atoms. The van der Waals surface area contributed by atoms with E-state index in [9.17, 15) is 14.4 Å². The first-order valence-corrected chi connectivity index (χ1v) is 10.8. The lowest BCUT2D eigenvalue weighted by atomic mass is 10.2. The second-order valence-electron chi connectivity index (χ2n) is 8.60. The third-order valence-electron chi connectivity index (χ3n) is 4.94. The maximum atomic E-state index is 11.5. The molecule has 0 fully saturated rings. The van der Waals surface area contributed by atoms with Crippen LogP contribution in [0.3, 0.4) is 0 Å². The smallest absolute Gasteiger partial charge is 0.407 e. The Balaban J connectivity index is 0.000000231. The van der Waals surface area contributed by atoms with Crippen LogP contribution in [0.4, 0.5) is 4.79 Å². The fraction of sp³-hybridized carbons (Fsp3) is 0.269. The molecule has 7 heteroatoms. The minimum absolute atomic E-state index is 0.404. The Morgan fingerprint density at radius 3 is 2.36 bits per heavy atom. The van der Waals surface area contributed by atoms with E-state index in [0.717, 1.165) is 52.9 Å². The van der Waals surface area contributed by atoms with E-state index in [1.807, 2.05) is 80.1 Å². The van der Waals surface area contributed by atoms with Crippen LogP contribution in [0, 0.1) is 0 Å². The zero-order valence-electron chi connectivity index (χ0n) is 19.1. The summed E-state index contributed by atoms with van der Waals surface area (Å²) < 4.78 is 7.22. The van der Waals surface area contributed by atoms with Gasteiger partial charge in [-0.05, 0) is 39.3 Å². The van der Waals surface area contributed by atoms with Gasteiger partial charge in [0.05, 0.1) is 0 Å². The minimum atomic E-state index is -0.487. The van der Waals surface area contributed by atoms with Crippen LogP contribution in [0.15, 0.2) is 60.9 Å². The van der Waals surface area contributed by atoms with Crippen LogP contribution in [0.5, 0.6) is 0 Å². The molecule has 0 bridgehead atoms. The number of benzene rings is 2. The lowest BCUT2D eigenvalue weighted by Gasteiger charge is -2.19. The Bertz CT molecular complexity index is 1250. The van der Waals surface area contributed by atoms with Crippen LogP contribution in [-0.2, 0) is 11.3 Å². The number of aryl methyl sites for hydroxylation is 1. The van der Waals surface area contributed by atoms with Crippen molar-refractivity contribution in [1.82, 2.24) is 14.9 Å². The molecule has 4 rings (SSSR count). The molecule has 0 saturated heterocycles. The van der Waals surface area contributed by atoms with Crippen LogP contribution in [0.1, 0.15) is 47.9 Å². The first-order chi connectivity index (χ1) is 15.8. The summed E-state index contributed by atoms with van der Waals surface area (Å²) in [6.45, 7) is 6.75. The molecule has 0 saturated carbocycles. The molecule has 2 N–H and O–H groups in total. The predicted octanol–water partition coefficient (Wildman–Crippen LogP) is 5.35. The largest absolute Gasteiger partial charge is 0.444 e. The lowest BCUT2D eigenvalue weighted by Crippen LogP contribution is -2.33. The third kappa shape index (κ3) is 6.32. The average Bonchev–Trinajstić information content (AvgIpc) is 3.37. The molecule has 1 amide bonds. The van der Waals surface area contributed by atoms with Gasteiger partial charge in [0.1, 0.15) is 5.60 Å². The van der Waals surface area contributed by atoms with Crippen LogP contribution in [0.25, 0.3) is 21.8 Å². The maximum absolute atomic E-state index is 11.5. The molecule has 0 aliphatic heterocycles. The van der Waals surface area contributed by atoms with Gasteiger partial charge in [-0.15, -0.1) is 0 Å². The number of H-pyrrole nitrogens is 1. The van der Waals surface area contributed by atoms with Crippen molar-refractivity contribution in [3.05, 3.63) is 72.1 Å². The van der Waals surface area contributed by atoms with Crippen molar-refractivity contribution in [2.75, 3.05) is 6.54 Å². The van der Waals surface area contributed by atoms with Gasteiger partial charge in [-0.2, -0.15) is 0 Å². The van der Waals surface area contributed by atoms with E-state index in [1.54, 1.807) is 6.20 Å². The molecule has 0 aliphatic rings. The van der Waals surface area contributed by atoms with Gasteiger partial charge in [0.25, 0.3) is 0 Å². The van der Waals surface area contributed by atoms with Gasteiger partial charge >= 0.3 is 6.09 Å². The number of alkyl carbamates (subject to hydrolysis) is 1. The van der Waals surface area contributed by atoms with Gasteiger partial charge in [-0.3, -0.25) is 9.59 Å². The fourth-order valence-electron chi connectivity index (χ4n) is 3.50. The fourth-order valence-corrected chi connectivity index (χ4v) is 3.50. The number of rotatable bonds is 6. The summed E-state index contributed by atoms with van der Waals surface area (Å²) in [6, 6.07) is 15.5. The number of aldehydes is 2. The number of nitrogens with zero attached hydrogens (tertiary/aromatic N) is 1. The van der Waals surface area contributed by atoms with Crippen LogP contribution >= 0.6 is 0 Å². The first kappa shape index (κ1) is 23.8. The number of hydrogen-bond acceptors (Lipinski definition) is 4. The summed E-state index contributed by atoms with van der Waals surface area (Å²) in [7, 11) is 0. The first-order valence-electron chi connectivity index (χ1n) is 10.8. The summed E-state index contributed by atoms with van der Waals surface area (Å²) in [5, 5.41) is 4.68. The van der Waals surface area contributed by atoms with Gasteiger partial charge in [0, 0.05) is 58.4 Å². The zero-order chi connectivity index (χ0) is 23.8. The molecule has 2 aromatic carbocycles. The molecule has 2 heterocycles. The van der Waals surface area contributed by atoms with E-state index in [4.69, 9.17) is 4.74 Å². The van der Waals surface area contributed by atoms with Crippen molar-refractivity contribution in [1.29, 1.82) is 0 Å². The second kappa shape index (κ2) is 10.6. The van der Waals surface area contributed by atoms with Crippen molar-refractivity contribution in [3.63, 3.8) is 0 Å². The molecule has 33 heavy (non-hydrogen) atoms. The highest BCUT2D eigenvalue weighted by molar-refractivity contribution is 5.98. The summed E-state index contributed by atoms with van der Waals surface area (Å²) >= 11 is 0. The Kier molecular flexibility index (Phi) is 7.66. The normalized spacial score (nSPS) is 11.0. The van der Waals surface area contributed by atoms with Crippen LogP contribution in [0.2, 0.25) is 0 Å². The molecule has 7 nitrogen and oxygen atoms in total. The monoisotopic (exact) mass is 447 g/mol. The highest BCUT2D eigenvalue weighted by Crippen LogP contribution is 2.20. The molecule has 0 radical (unpaired) electrons. The van der Waals surface area contributed by atoms with Gasteiger partial charge in [-0.1, -0.05) is 36.4 Å². The van der Waals surface area contributed by atoms with Crippen molar-refractivity contribution >= 4 is 40.5 Å². The Morgan fingerprint density at radius 1 is 1.00 bits per heavy atom. The number of aromatic nitrogens is 2. The molecular formula is C26H29N3O4. The minimum Gasteiger partial charge on any atom is -0.444 e. The summed E-state index contributed by atoms with van der Waals surface area (Å²) in [6.07, 6.45) is 5.66. The molecule has 4 aromatic rings. The van der Waals surface area contributed by atoms with Crippen molar-refractivity contribution in [2.45, 2.75) is 39.3 Å². The number of fused-ring (bicyclic) bond motifs is 2.